The number of carbonyl (C=O) groups excluding carboxylic acids is 2. The van der Waals surface area contributed by atoms with Gasteiger partial charge in [0.15, 0.2) is 0 Å². The van der Waals surface area contributed by atoms with E-state index >= 15 is 0 Å². The molecular formula is C14H16O8. The summed E-state index contributed by atoms with van der Waals surface area (Å²) in [7, 11) is 0. The minimum atomic E-state index is -1.25. The van der Waals surface area contributed by atoms with E-state index in [1.165, 1.54) is 0 Å². The van der Waals surface area contributed by atoms with Gasteiger partial charge in [-0.25, -0.2) is 9.59 Å². The first kappa shape index (κ1) is 13.2. The molecule has 0 amide bonds. The lowest BCUT2D eigenvalue weighted by atomic mass is 9.79. The molecule has 4 aliphatic heterocycles. The Bertz CT molecular complexity index is 495. The van der Waals surface area contributed by atoms with Gasteiger partial charge >= 0.3 is 11.9 Å². The number of epoxide rings is 4. The molecule has 0 N–H and O–H groups in total. The molecule has 5 rings (SSSR count). The van der Waals surface area contributed by atoms with Crippen molar-refractivity contribution in [3.05, 3.63) is 0 Å². The van der Waals surface area contributed by atoms with Crippen molar-refractivity contribution in [2.24, 2.45) is 0 Å². The maximum Gasteiger partial charge on any atom is 0.342 e. The highest BCUT2D eigenvalue weighted by Gasteiger charge is 2.86. The first-order chi connectivity index (χ1) is 10.6. The SMILES string of the molecule is O=C(OCC1CO1)C12CC3OC3CC1(C(=O)OCC1CO1)O2. The number of esters is 2. The highest BCUT2D eigenvalue weighted by Crippen LogP contribution is 2.63. The minimum absolute atomic E-state index is 0.0269. The molecule has 8 nitrogen and oxygen atoms in total. The van der Waals surface area contributed by atoms with Gasteiger partial charge in [-0.05, 0) is 0 Å². The molecule has 0 radical (unpaired) electrons. The Morgan fingerprint density at radius 2 is 1.36 bits per heavy atom. The summed E-state index contributed by atoms with van der Waals surface area (Å²) in [6.07, 6.45) is 0.579. The van der Waals surface area contributed by atoms with Crippen LogP contribution in [0, 0.1) is 0 Å². The van der Waals surface area contributed by atoms with E-state index in [0.717, 1.165) is 0 Å². The van der Waals surface area contributed by atoms with Crippen LogP contribution in [-0.4, -0.2) is 74.0 Å². The summed E-state index contributed by atoms with van der Waals surface area (Å²) in [4.78, 5) is 24.9. The molecule has 0 spiro atoms. The molecule has 0 aromatic rings. The predicted molar refractivity (Wildman–Crippen MR) is 65.8 cm³/mol. The van der Waals surface area contributed by atoms with Gasteiger partial charge in [-0.3, -0.25) is 0 Å². The Labute approximate surface area is 125 Å². The molecule has 5 fully saturated rings. The molecule has 4 heterocycles. The third-order valence-electron chi connectivity index (χ3n) is 4.89. The van der Waals surface area contributed by atoms with Crippen molar-refractivity contribution in [3.8, 4) is 0 Å². The quantitative estimate of drug-likeness (QED) is 0.452. The van der Waals surface area contributed by atoms with Gasteiger partial charge in [0, 0.05) is 12.8 Å². The van der Waals surface area contributed by atoms with Crippen molar-refractivity contribution >= 4 is 11.9 Å². The predicted octanol–water partition coefficient (Wildman–Crippen LogP) is -1.06. The van der Waals surface area contributed by atoms with E-state index in [-0.39, 0.29) is 37.6 Å². The molecule has 120 valence electrons. The highest BCUT2D eigenvalue weighted by molar-refractivity contribution is 5.98. The van der Waals surface area contributed by atoms with Crippen LogP contribution in [0.1, 0.15) is 12.8 Å². The second-order valence-corrected chi connectivity index (χ2v) is 6.48. The molecule has 0 aromatic carbocycles. The fraction of sp³-hybridized carbons (Fsp3) is 0.857. The van der Waals surface area contributed by atoms with Crippen LogP contribution >= 0.6 is 0 Å². The van der Waals surface area contributed by atoms with E-state index in [1.54, 1.807) is 0 Å². The summed E-state index contributed by atoms with van der Waals surface area (Å²) < 4.78 is 31.7. The number of carbonyl (C=O) groups is 2. The Balaban J connectivity index is 1.31. The topological polar surface area (TPSA) is 103 Å². The van der Waals surface area contributed by atoms with E-state index < -0.39 is 23.1 Å². The van der Waals surface area contributed by atoms with Crippen LogP contribution in [0.2, 0.25) is 0 Å². The molecule has 6 unspecified atom stereocenters. The standard InChI is InChI=1S/C14H16O8/c15-11(19-5-7-3-17-7)13-1-9-10(21-9)2-14(13,22-13)12(16)20-6-8-4-18-8/h7-10H,1-6H2. The average molecular weight is 312 g/mol. The zero-order chi connectivity index (χ0) is 14.9. The number of rotatable bonds is 6. The zero-order valence-corrected chi connectivity index (χ0v) is 11.8. The van der Waals surface area contributed by atoms with E-state index in [9.17, 15) is 9.59 Å². The van der Waals surface area contributed by atoms with E-state index in [2.05, 4.69) is 0 Å². The van der Waals surface area contributed by atoms with Crippen molar-refractivity contribution in [2.45, 2.75) is 48.5 Å². The fourth-order valence-corrected chi connectivity index (χ4v) is 3.27. The van der Waals surface area contributed by atoms with Gasteiger partial charge in [0.05, 0.1) is 25.4 Å². The molecule has 4 saturated heterocycles. The van der Waals surface area contributed by atoms with E-state index in [0.29, 0.717) is 26.1 Å². The highest BCUT2D eigenvalue weighted by atomic mass is 16.7. The Morgan fingerprint density at radius 3 is 1.77 bits per heavy atom. The molecule has 6 atom stereocenters. The Hall–Kier alpha value is -1.22. The average Bonchev–Trinajstić information content (AvgIpc) is 3.34. The molecule has 8 heteroatoms. The van der Waals surface area contributed by atoms with Crippen LogP contribution in [0.3, 0.4) is 0 Å². The summed E-state index contributed by atoms with van der Waals surface area (Å²) in [5, 5.41) is 0. The second-order valence-electron chi connectivity index (χ2n) is 6.48. The van der Waals surface area contributed by atoms with E-state index in [1.807, 2.05) is 0 Å². The fourth-order valence-electron chi connectivity index (χ4n) is 3.27. The first-order valence-corrected chi connectivity index (χ1v) is 7.56. The van der Waals surface area contributed by atoms with Crippen molar-refractivity contribution in [2.75, 3.05) is 26.4 Å². The summed E-state index contributed by atoms with van der Waals surface area (Å²) >= 11 is 0. The monoisotopic (exact) mass is 312 g/mol. The van der Waals surface area contributed by atoms with Crippen molar-refractivity contribution in [3.63, 3.8) is 0 Å². The molecule has 5 aliphatic rings. The number of ether oxygens (including phenoxy) is 6. The molecule has 22 heavy (non-hydrogen) atoms. The van der Waals surface area contributed by atoms with Gasteiger partial charge < -0.3 is 28.4 Å². The number of hydrogen-bond acceptors (Lipinski definition) is 8. The third-order valence-corrected chi connectivity index (χ3v) is 4.89. The zero-order valence-electron chi connectivity index (χ0n) is 11.8. The summed E-state index contributed by atoms with van der Waals surface area (Å²) in [6.45, 7) is 1.59. The molecular weight excluding hydrogens is 296 g/mol. The van der Waals surface area contributed by atoms with Gasteiger partial charge in [-0.2, -0.15) is 0 Å². The van der Waals surface area contributed by atoms with Crippen molar-refractivity contribution in [1.29, 1.82) is 0 Å². The Morgan fingerprint density at radius 1 is 0.909 bits per heavy atom. The molecule has 1 saturated carbocycles. The third kappa shape index (κ3) is 1.91. The van der Waals surface area contributed by atoms with Crippen LogP contribution < -0.4 is 0 Å². The molecule has 0 aromatic heterocycles. The van der Waals surface area contributed by atoms with Crippen LogP contribution in [0.15, 0.2) is 0 Å². The van der Waals surface area contributed by atoms with Gasteiger partial charge in [0.2, 0.25) is 11.2 Å². The smallest absolute Gasteiger partial charge is 0.342 e. The van der Waals surface area contributed by atoms with Crippen molar-refractivity contribution in [1.82, 2.24) is 0 Å². The second kappa shape index (κ2) is 4.19. The molecule has 0 bridgehead atoms. The van der Waals surface area contributed by atoms with Gasteiger partial charge in [-0.15, -0.1) is 0 Å². The van der Waals surface area contributed by atoms with Crippen LogP contribution in [0.25, 0.3) is 0 Å². The van der Waals surface area contributed by atoms with Gasteiger partial charge in [-0.1, -0.05) is 0 Å². The first-order valence-electron chi connectivity index (χ1n) is 7.56. The lowest BCUT2D eigenvalue weighted by Gasteiger charge is -2.19. The largest absolute Gasteiger partial charge is 0.461 e. The van der Waals surface area contributed by atoms with Crippen LogP contribution in [-0.2, 0) is 38.0 Å². The summed E-state index contributed by atoms with van der Waals surface area (Å²) in [5.41, 5.74) is -2.50. The van der Waals surface area contributed by atoms with E-state index in [4.69, 9.17) is 28.4 Å². The lowest BCUT2D eigenvalue weighted by Crippen LogP contribution is -2.46. The normalized spacial score (nSPS) is 49.5. The Kier molecular flexibility index (Phi) is 2.52. The van der Waals surface area contributed by atoms with Crippen LogP contribution in [0.5, 0.6) is 0 Å². The number of hydrogen-bond donors (Lipinski definition) is 0. The van der Waals surface area contributed by atoms with Crippen LogP contribution in [0.4, 0.5) is 0 Å². The number of fused-ring (bicyclic) bond motifs is 2. The summed E-state index contributed by atoms with van der Waals surface area (Å²) in [5.74, 6) is -1.03. The lowest BCUT2D eigenvalue weighted by molar-refractivity contribution is -0.154. The minimum Gasteiger partial charge on any atom is -0.461 e. The summed E-state index contributed by atoms with van der Waals surface area (Å²) in [6, 6.07) is 0. The van der Waals surface area contributed by atoms with Gasteiger partial charge in [0.25, 0.3) is 0 Å². The van der Waals surface area contributed by atoms with Crippen molar-refractivity contribution < 1.29 is 38.0 Å². The maximum atomic E-state index is 12.4. The maximum absolute atomic E-state index is 12.4. The van der Waals surface area contributed by atoms with Gasteiger partial charge in [0.1, 0.15) is 25.4 Å². The molecule has 1 aliphatic carbocycles.